The molecule has 0 heterocycles. The fourth-order valence-electron chi connectivity index (χ4n) is 3.25. The van der Waals surface area contributed by atoms with E-state index in [1.165, 1.54) is 15.6 Å². The molecule has 0 radical (unpaired) electrons. The number of carbonyl (C=O) groups excluding carboxylic acids is 1. The van der Waals surface area contributed by atoms with E-state index in [1.54, 1.807) is 0 Å². The molecule has 3 rings (SSSR count). The van der Waals surface area contributed by atoms with Crippen LogP contribution in [0.5, 0.6) is 0 Å². The molecule has 1 fully saturated rings. The highest BCUT2D eigenvalue weighted by atomic mass is 79.9. The first-order valence-electron chi connectivity index (χ1n) is 5.43. The van der Waals surface area contributed by atoms with Crippen molar-refractivity contribution in [3.63, 3.8) is 0 Å². The zero-order valence-corrected chi connectivity index (χ0v) is 10.3. The van der Waals surface area contributed by atoms with Crippen LogP contribution in [0.2, 0.25) is 0 Å². The van der Waals surface area contributed by atoms with Gasteiger partial charge in [-0.25, -0.2) is 0 Å². The Kier molecular flexibility index (Phi) is 1.88. The van der Waals surface area contributed by atoms with Crippen molar-refractivity contribution in [3.8, 4) is 0 Å². The van der Waals surface area contributed by atoms with E-state index in [9.17, 15) is 4.79 Å². The highest BCUT2D eigenvalue weighted by Gasteiger charge is 2.51. The molecule has 0 aromatic heterocycles. The first-order chi connectivity index (χ1) is 7.13. The van der Waals surface area contributed by atoms with Crippen LogP contribution in [0.25, 0.3) is 0 Å². The van der Waals surface area contributed by atoms with Gasteiger partial charge in [0.05, 0.1) is 0 Å². The Balaban J connectivity index is 2.18. The van der Waals surface area contributed by atoms with Gasteiger partial charge in [-0.1, -0.05) is 35.0 Å². The maximum Gasteiger partial charge on any atom is 0.139 e. The molecule has 1 nitrogen and oxygen atoms in total. The molecule has 0 unspecified atom stereocenters. The lowest BCUT2D eigenvalue weighted by Gasteiger charge is -2.21. The van der Waals surface area contributed by atoms with E-state index in [1.807, 2.05) is 0 Å². The molecular formula is C13H13BrO. The van der Waals surface area contributed by atoms with E-state index < -0.39 is 0 Å². The molecule has 0 saturated heterocycles. The van der Waals surface area contributed by atoms with Crippen LogP contribution in [0.3, 0.4) is 0 Å². The SMILES string of the molecule is C[C@]12Cc3c(Br)cccc3[C@H]1CCC2=O. The van der Waals surface area contributed by atoms with Crippen molar-refractivity contribution < 1.29 is 4.79 Å². The molecule has 0 spiro atoms. The lowest BCUT2D eigenvalue weighted by atomic mass is 9.80. The van der Waals surface area contributed by atoms with Crippen molar-refractivity contribution in [1.29, 1.82) is 0 Å². The maximum absolute atomic E-state index is 11.9. The number of hydrogen-bond acceptors (Lipinski definition) is 1. The van der Waals surface area contributed by atoms with Crippen molar-refractivity contribution in [2.75, 3.05) is 0 Å². The van der Waals surface area contributed by atoms with Gasteiger partial charge in [0.25, 0.3) is 0 Å². The minimum Gasteiger partial charge on any atom is -0.299 e. The number of benzene rings is 1. The number of hydrogen-bond donors (Lipinski definition) is 0. The van der Waals surface area contributed by atoms with Gasteiger partial charge in [-0.15, -0.1) is 0 Å². The van der Waals surface area contributed by atoms with E-state index in [-0.39, 0.29) is 5.41 Å². The zero-order chi connectivity index (χ0) is 10.6. The summed E-state index contributed by atoms with van der Waals surface area (Å²) < 4.78 is 1.17. The van der Waals surface area contributed by atoms with Gasteiger partial charge in [-0.2, -0.15) is 0 Å². The second-order valence-corrected chi connectivity index (χ2v) is 5.77. The van der Waals surface area contributed by atoms with Gasteiger partial charge in [0.1, 0.15) is 5.78 Å². The largest absolute Gasteiger partial charge is 0.299 e. The summed E-state index contributed by atoms with van der Waals surface area (Å²) in [7, 11) is 0. The second kappa shape index (κ2) is 2.94. The minimum atomic E-state index is -0.105. The molecule has 78 valence electrons. The molecule has 15 heavy (non-hydrogen) atoms. The van der Waals surface area contributed by atoms with Gasteiger partial charge >= 0.3 is 0 Å². The fraction of sp³-hybridized carbons (Fsp3) is 0.462. The molecule has 0 aliphatic heterocycles. The van der Waals surface area contributed by atoms with Crippen LogP contribution in [0, 0.1) is 5.41 Å². The molecule has 0 bridgehead atoms. The summed E-state index contributed by atoms with van der Waals surface area (Å²) >= 11 is 3.59. The topological polar surface area (TPSA) is 17.1 Å². The molecule has 2 heteroatoms. The third-order valence-corrected chi connectivity index (χ3v) is 4.88. The molecule has 0 N–H and O–H groups in total. The van der Waals surface area contributed by atoms with Crippen LogP contribution in [0.4, 0.5) is 0 Å². The zero-order valence-electron chi connectivity index (χ0n) is 8.72. The quantitative estimate of drug-likeness (QED) is 0.702. The first kappa shape index (κ1) is 9.59. The summed E-state index contributed by atoms with van der Waals surface area (Å²) in [5.41, 5.74) is 2.66. The Morgan fingerprint density at radius 2 is 2.27 bits per heavy atom. The minimum absolute atomic E-state index is 0.105. The predicted molar refractivity (Wildman–Crippen MR) is 62.9 cm³/mol. The molecule has 2 aliphatic carbocycles. The Morgan fingerprint density at radius 3 is 3.07 bits per heavy atom. The maximum atomic E-state index is 11.9. The van der Waals surface area contributed by atoms with Crippen molar-refractivity contribution in [1.82, 2.24) is 0 Å². The second-order valence-electron chi connectivity index (χ2n) is 4.92. The Hall–Kier alpha value is -0.630. The smallest absolute Gasteiger partial charge is 0.139 e. The van der Waals surface area contributed by atoms with Gasteiger partial charge in [-0.05, 0) is 36.0 Å². The number of carbonyl (C=O) groups is 1. The van der Waals surface area contributed by atoms with E-state index >= 15 is 0 Å². The summed E-state index contributed by atoms with van der Waals surface area (Å²) in [5.74, 6) is 0.924. The Labute approximate surface area is 98.0 Å². The standard InChI is InChI=1S/C13H13BrO/c1-13-7-9-8(3-2-4-11(9)14)10(13)5-6-12(13)15/h2-4,10H,5-7H2,1H3/t10-,13+/m1/s1. The summed E-state index contributed by atoms with van der Waals surface area (Å²) in [6.45, 7) is 2.14. The van der Waals surface area contributed by atoms with Crippen LogP contribution in [0.1, 0.15) is 36.8 Å². The number of Topliss-reactive ketones (excluding diaryl/α,β-unsaturated/α-hetero) is 1. The monoisotopic (exact) mass is 264 g/mol. The van der Waals surface area contributed by atoms with Gasteiger partial charge in [0, 0.05) is 16.3 Å². The summed E-state index contributed by atoms with van der Waals surface area (Å²) in [6.07, 6.45) is 2.74. The molecule has 1 aromatic carbocycles. The van der Waals surface area contributed by atoms with Crippen LogP contribution in [-0.2, 0) is 11.2 Å². The van der Waals surface area contributed by atoms with Crippen LogP contribution >= 0.6 is 15.9 Å². The molecule has 1 aromatic rings. The van der Waals surface area contributed by atoms with Crippen molar-refractivity contribution in [2.24, 2.45) is 5.41 Å². The number of rotatable bonds is 0. The molecule has 1 saturated carbocycles. The average molecular weight is 265 g/mol. The van der Waals surface area contributed by atoms with Crippen molar-refractivity contribution in [3.05, 3.63) is 33.8 Å². The van der Waals surface area contributed by atoms with Crippen LogP contribution < -0.4 is 0 Å². The molecule has 2 aliphatic rings. The molecule has 2 atom stereocenters. The summed E-state index contributed by atoms with van der Waals surface area (Å²) in [4.78, 5) is 11.9. The van der Waals surface area contributed by atoms with Crippen LogP contribution in [-0.4, -0.2) is 5.78 Å². The molecular weight excluding hydrogens is 252 g/mol. The fourth-order valence-corrected chi connectivity index (χ4v) is 3.77. The highest BCUT2D eigenvalue weighted by molar-refractivity contribution is 9.10. The van der Waals surface area contributed by atoms with Gasteiger partial charge < -0.3 is 0 Å². The summed E-state index contributed by atoms with van der Waals surface area (Å²) in [6, 6.07) is 6.35. The highest BCUT2D eigenvalue weighted by Crippen LogP contribution is 2.56. The normalized spacial score (nSPS) is 32.9. The predicted octanol–water partition coefficient (Wildman–Crippen LogP) is 3.46. The van der Waals surface area contributed by atoms with Crippen LogP contribution in [0.15, 0.2) is 22.7 Å². The summed E-state index contributed by atoms with van der Waals surface area (Å²) in [5, 5.41) is 0. The van der Waals surface area contributed by atoms with E-state index in [0.717, 1.165) is 19.3 Å². The number of fused-ring (bicyclic) bond motifs is 3. The van der Waals surface area contributed by atoms with Gasteiger partial charge in [0.2, 0.25) is 0 Å². The Bertz CT molecular complexity index is 452. The van der Waals surface area contributed by atoms with E-state index in [4.69, 9.17) is 0 Å². The van der Waals surface area contributed by atoms with Crippen molar-refractivity contribution >= 4 is 21.7 Å². The molecule has 0 amide bonds. The van der Waals surface area contributed by atoms with E-state index in [2.05, 4.69) is 41.1 Å². The lowest BCUT2D eigenvalue weighted by Crippen LogP contribution is -2.24. The lowest BCUT2D eigenvalue weighted by molar-refractivity contribution is -0.125. The van der Waals surface area contributed by atoms with Crippen molar-refractivity contribution in [2.45, 2.75) is 32.1 Å². The number of halogens is 1. The third kappa shape index (κ3) is 1.12. The third-order valence-electron chi connectivity index (χ3n) is 4.14. The average Bonchev–Trinajstić information content (AvgIpc) is 2.64. The van der Waals surface area contributed by atoms with E-state index in [0.29, 0.717) is 11.7 Å². The van der Waals surface area contributed by atoms with Gasteiger partial charge in [-0.3, -0.25) is 4.79 Å². The first-order valence-corrected chi connectivity index (χ1v) is 6.23. The Morgan fingerprint density at radius 1 is 1.47 bits per heavy atom. The number of ketones is 1. The van der Waals surface area contributed by atoms with Gasteiger partial charge in [0.15, 0.2) is 0 Å².